The first kappa shape index (κ1) is 34.5. The second kappa shape index (κ2) is 13.6. The quantitative estimate of drug-likeness (QED) is 0.168. The van der Waals surface area contributed by atoms with Crippen molar-refractivity contribution in [3.05, 3.63) is 224 Å². The van der Waals surface area contributed by atoms with Crippen molar-refractivity contribution in [2.45, 2.75) is 0 Å². The van der Waals surface area contributed by atoms with Crippen LogP contribution in [-0.4, -0.2) is 9.13 Å². The highest BCUT2D eigenvalue weighted by atomic mass is 16.3. The average molecular weight is 792 g/mol. The first-order valence-electron chi connectivity index (χ1n) is 21.2. The Bertz CT molecular complexity index is 3860. The van der Waals surface area contributed by atoms with Crippen LogP contribution in [0.25, 0.3) is 98.8 Å². The van der Waals surface area contributed by atoms with Crippen LogP contribution in [0.5, 0.6) is 0 Å². The number of aromatic nitrogens is 2. The summed E-state index contributed by atoms with van der Waals surface area (Å²) in [6, 6.07) is 81.0. The lowest BCUT2D eigenvalue weighted by atomic mass is 9.98. The molecule has 0 spiro atoms. The van der Waals surface area contributed by atoms with Crippen LogP contribution in [0.3, 0.4) is 0 Å². The molecular formula is C58H37N3O. The average Bonchev–Trinajstić information content (AvgIpc) is 3.99. The van der Waals surface area contributed by atoms with Gasteiger partial charge in [0.1, 0.15) is 11.2 Å². The van der Waals surface area contributed by atoms with Crippen molar-refractivity contribution in [1.82, 2.24) is 9.13 Å². The van der Waals surface area contributed by atoms with Crippen LogP contribution in [0.2, 0.25) is 0 Å². The molecule has 0 bridgehead atoms. The minimum Gasteiger partial charge on any atom is -0.456 e. The van der Waals surface area contributed by atoms with Gasteiger partial charge in [0.05, 0.1) is 22.1 Å². The van der Waals surface area contributed by atoms with Gasteiger partial charge < -0.3 is 18.5 Å². The predicted octanol–water partition coefficient (Wildman–Crippen LogP) is 16.1. The standard InChI is InChI=1S/C58H37N3O/c1-4-16-41(17-5-1)59(45-29-30-47-46-23-10-12-25-52(46)61(55(47)36-45)43-20-8-3-9-21-43)44-22-14-15-38(33-44)39-27-31-53-51(34-39)58-49-37-50-48-24-11-13-26-56(48)62-57(50)35-40(49)28-32-54(58)60(53)42-18-6-2-7-19-42/h1-37H. The van der Waals surface area contributed by atoms with Gasteiger partial charge in [0.15, 0.2) is 0 Å². The number of para-hydroxylation sites is 5. The Morgan fingerprint density at radius 2 is 0.919 bits per heavy atom. The fourth-order valence-corrected chi connectivity index (χ4v) is 9.90. The Kier molecular flexibility index (Phi) is 7.57. The van der Waals surface area contributed by atoms with Crippen molar-refractivity contribution in [3.8, 4) is 22.5 Å². The molecular weight excluding hydrogens is 755 g/mol. The summed E-state index contributed by atoms with van der Waals surface area (Å²) in [6.45, 7) is 0. The molecule has 4 nitrogen and oxygen atoms in total. The fraction of sp³-hybridized carbons (Fsp3) is 0. The zero-order chi connectivity index (χ0) is 40.7. The molecule has 0 fully saturated rings. The van der Waals surface area contributed by atoms with Gasteiger partial charge in [-0.15, -0.1) is 0 Å². The zero-order valence-corrected chi connectivity index (χ0v) is 33.6. The summed E-state index contributed by atoms with van der Waals surface area (Å²) in [4.78, 5) is 2.38. The smallest absolute Gasteiger partial charge is 0.136 e. The highest BCUT2D eigenvalue weighted by Crippen LogP contribution is 2.44. The number of hydrogen-bond acceptors (Lipinski definition) is 2. The van der Waals surface area contributed by atoms with E-state index in [-0.39, 0.29) is 0 Å². The number of furan rings is 1. The van der Waals surface area contributed by atoms with E-state index in [4.69, 9.17) is 4.42 Å². The lowest BCUT2D eigenvalue weighted by molar-refractivity contribution is 0.669. The summed E-state index contributed by atoms with van der Waals surface area (Å²) in [5.41, 5.74) is 14.4. The summed E-state index contributed by atoms with van der Waals surface area (Å²) >= 11 is 0. The van der Waals surface area contributed by atoms with E-state index < -0.39 is 0 Å². The zero-order valence-electron chi connectivity index (χ0n) is 33.6. The molecule has 3 heterocycles. The van der Waals surface area contributed by atoms with E-state index in [9.17, 15) is 0 Å². The Hall–Kier alpha value is -8.34. The third-order valence-corrected chi connectivity index (χ3v) is 12.6. The minimum absolute atomic E-state index is 0.908. The maximum Gasteiger partial charge on any atom is 0.136 e. The molecule has 62 heavy (non-hydrogen) atoms. The molecule has 13 aromatic rings. The van der Waals surface area contributed by atoms with Gasteiger partial charge in [0.2, 0.25) is 0 Å². The SMILES string of the molecule is c1ccc(N(c2cccc(-c3ccc4c(c3)c3c5cc6c(cc5ccc3n4-c3ccccc3)oc3ccccc36)c2)c2ccc3c4ccccc4n(-c4ccccc4)c3c2)cc1. The Morgan fingerprint density at radius 1 is 0.306 bits per heavy atom. The molecule has 3 aromatic heterocycles. The topological polar surface area (TPSA) is 26.2 Å². The van der Waals surface area contributed by atoms with Crippen LogP contribution in [0.1, 0.15) is 0 Å². The highest BCUT2D eigenvalue weighted by molar-refractivity contribution is 6.25. The van der Waals surface area contributed by atoms with Gasteiger partial charge in [-0.1, -0.05) is 121 Å². The predicted molar refractivity (Wildman–Crippen MR) is 260 cm³/mol. The molecule has 0 atom stereocenters. The van der Waals surface area contributed by atoms with E-state index in [1.807, 2.05) is 6.07 Å². The molecule has 10 aromatic carbocycles. The second-order valence-corrected chi connectivity index (χ2v) is 16.1. The number of fused-ring (bicyclic) bond motifs is 11. The summed E-state index contributed by atoms with van der Waals surface area (Å²) in [5.74, 6) is 0. The molecule has 0 amide bonds. The summed E-state index contributed by atoms with van der Waals surface area (Å²) in [5, 5.41) is 9.56. The van der Waals surface area contributed by atoms with Gasteiger partial charge in [-0.2, -0.15) is 0 Å². The Balaban J connectivity index is 1.02. The monoisotopic (exact) mass is 791 g/mol. The number of benzene rings is 10. The molecule has 0 saturated heterocycles. The van der Waals surface area contributed by atoms with Gasteiger partial charge in [-0.05, 0) is 125 Å². The summed E-state index contributed by atoms with van der Waals surface area (Å²) < 4.78 is 11.2. The molecule has 0 aliphatic carbocycles. The van der Waals surface area contributed by atoms with Crippen LogP contribution in [0.15, 0.2) is 229 Å². The Labute approximate surface area is 357 Å². The first-order chi connectivity index (χ1) is 30.7. The van der Waals surface area contributed by atoms with Gasteiger partial charge >= 0.3 is 0 Å². The van der Waals surface area contributed by atoms with Gasteiger partial charge in [0, 0.05) is 60.8 Å². The molecule has 0 N–H and O–H groups in total. The lowest BCUT2D eigenvalue weighted by Crippen LogP contribution is -2.10. The van der Waals surface area contributed by atoms with E-state index in [1.54, 1.807) is 0 Å². The lowest BCUT2D eigenvalue weighted by Gasteiger charge is -2.26. The number of rotatable bonds is 6. The highest BCUT2D eigenvalue weighted by Gasteiger charge is 2.20. The van der Waals surface area contributed by atoms with Crippen LogP contribution < -0.4 is 4.90 Å². The van der Waals surface area contributed by atoms with Gasteiger partial charge in [-0.25, -0.2) is 0 Å². The second-order valence-electron chi connectivity index (χ2n) is 16.1. The minimum atomic E-state index is 0.908. The number of hydrogen-bond donors (Lipinski definition) is 0. The molecule has 290 valence electrons. The van der Waals surface area contributed by atoms with Gasteiger partial charge in [-0.3, -0.25) is 0 Å². The summed E-state index contributed by atoms with van der Waals surface area (Å²) in [6.07, 6.45) is 0. The molecule has 0 radical (unpaired) electrons. The van der Waals surface area contributed by atoms with Crippen LogP contribution in [0, 0.1) is 0 Å². The number of nitrogens with zero attached hydrogens (tertiary/aromatic N) is 3. The Morgan fingerprint density at radius 3 is 1.73 bits per heavy atom. The van der Waals surface area contributed by atoms with Crippen molar-refractivity contribution >= 4 is 93.4 Å². The molecule has 0 aliphatic rings. The van der Waals surface area contributed by atoms with E-state index in [2.05, 4.69) is 232 Å². The number of anilines is 3. The maximum absolute atomic E-state index is 6.36. The van der Waals surface area contributed by atoms with Crippen LogP contribution in [-0.2, 0) is 0 Å². The van der Waals surface area contributed by atoms with Gasteiger partial charge in [0.25, 0.3) is 0 Å². The third-order valence-electron chi connectivity index (χ3n) is 12.6. The largest absolute Gasteiger partial charge is 0.456 e. The molecule has 13 rings (SSSR count). The molecule has 0 aliphatic heterocycles. The van der Waals surface area contributed by atoms with E-state index >= 15 is 0 Å². The normalized spacial score (nSPS) is 11.9. The van der Waals surface area contributed by atoms with Crippen LogP contribution in [0.4, 0.5) is 17.1 Å². The molecule has 4 heteroatoms. The fourth-order valence-electron chi connectivity index (χ4n) is 9.90. The van der Waals surface area contributed by atoms with Crippen LogP contribution >= 0.6 is 0 Å². The first-order valence-corrected chi connectivity index (χ1v) is 21.2. The van der Waals surface area contributed by atoms with E-state index in [1.165, 1.54) is 49.0 Å². The molecule has 0 saturated carbocycles. The summed E-state index contributed by atoms with van der Waals surface area (Å²) in [7, 11) is 0. The van der Waals surface area contributed by atoms with Crippen molar-refractivity contribution < 1.29 is 4.42 Å². The van der Waals surface area contributed by atoms with Crippen molar-refractivity contribution in [2.75, 3.05) is 4.90 Å². The van der Waals surface area contributed by atoms with Crippen molar-refractivity contribution in [2.24, 2.45) is 0 Å². The van der Waals surface area contributed by atoms with E-state index in [0.29, 0.717) is 0 Å². The maximum atomic E-state index is 6.36. The van der Waals surface area contributed by atoms with E-state index in [0.717, 1.165) is 66.9 Å². The molecule has 0 unspecified atom stereocenters. The van der Waals surface area contributed by atoms with Crippen molar-refractivity contribution in [3.63, 3.8) is 0 Å². The third kappa shape index (κ3) is 5.27. The van der Waals surface area contributed by atoms with Crippen molar-refractivity contribution in [1.29, 1.82) is 0 Å².